The van der Waals surface area contributed by atoms with E-state index in [4.69, 9.17) is 35.4 Å². The molecule has 0 amide bonds. The Kier molecular flexibility index (Phi) is 5.19. The summed E-state index contributed by atoms with van der Waals surface area (Å²) in [6, 6.07) is 5.04. The number of benzene rings is 1. The van der Waals surface area contributed by atoms with Gasteiger partial charge in [-0.1, -0.05) is 46.7 Å². The number of rotatable bonds is 4. The highest BCUT2D eigenvalue weighted by molar-refractivity contribution is 7.73. The van der Waals surface area contributed by atoms with Crippen molar-refractivity contribution in [3.63, 3.8) is 0 Å². The fourth-order valence-electron chi connectivity index (χ4n) is 2.24. The topological polar surface area (TPSA) is 52.2 Å². The van der Waals surface area contributed by atoms with Crippen LogP contribution in [-0.4, -0.2) is 20.4 Å². The van der Waals surface area contributed by atoms with Crippen LogP contribution in [-0.2, 0) is 6.54 Å². The van der Waals surface area contributed by atoms with Crippen LogP contribution in [0.5, 0.6) is 0 Å². The Hall–Kier alpha value is -1.80. The van der Waals surface area contributed by atoms with Crippen LogP contribution in [0.3, 0.4) is 0 Å². The van der Waals surface area contributed by atoms with Crippen LogP contribution in [0.4, 0.5) is 0 Å². The number of fused-ring (bicyclic) bond motifs is 1. The van der Waals surface area contributed by atoms with Gasteiger partial charge in [-0.25, -0.2) is 4.98 Å². The van der Waals surface area contributed by atoms with E-state index in [1.54, 1.807) is 35.8 Å². The fourth-order valence-corrected chi connectivity index (χ4v) is 3.98. The van der Waals surface area contributed by atoms with E-state index < -0.39 is 0 Å². The number of halogens is 2. The molecule has 128 valence electrons. The van der Waals surface area contributed by atoms with E-state index in [-0.39, 0.29) is 5.56 Å². The molecule has 0 aliphatic rings. The van der Waals surface area contributed by atoms with Gasteiger partial charge in [0.2, 0.25) is 0 Å². The third-order valence-electron chi connectivity index (χ3n) is 3.42. The van der Waals surface area contributed by atoms with E-state index in [1.807, 2.05) is 0 Å². The lowest BCUT2D eigenvalue weighted by Gasteiger charge is -2.05. The molecular weight excluding hydrogens is 399 g/mol. The van der Waals surface area contributed by atoms with Gasteiger partial charge in [0.15, 0.2) is 9.60 Å². The molecule has 9 heteroatoms. The minimum Gasteiger partial charge on any atom is -0.304 e. The molecule has 2 aromatic heterocycles. The fraction of sp³-hybridized carbons (Fsp3) is 0.125. The minimum atomic E-state index is -0.275. The van der Waals surface area contributed by atoms with E-state index in [0.717, 1.165) is 0 Å². The van der Waals surface area contributed by atoms with Crippen molar-refractivity contribution >= 4 is 63.3 Å². The predicted octanol–water partition coefficient (Wildman–Crippen LogP) is 4.67. The maximum absolute atomic E-state index is 12.8. The normalized spacial score (nSPS) is 11.5. The molecule has 3 rings (SSSR count). The number of nitrogens with zero attached hydrogens (tertiary/aromatic N) is 4. The van der Waals surface area contributed by atoms with E-state index >= 15 is 0 Å². The van der Waals surface area contributed by atoms with E-state index in [2.05, 4.69) is 16.7 Å². The second-order valence-electron chi connectivity index (χ2n) is 5.11. The molecule has 25 heavy (non-hydrogen) atoms. The number of hydrogen-bond acceptors (Lipinski definition) is 5. The molecule has 0 fully saturated rings. The Morgan fingerprint density at radius 3 is 2.88 bits per heavy atom. The molecule has 3 aromatic rings. The quantitative estimate of drug-likeness (QED) is 0.356. The third-order valence-corrected chi connectivity index (χ3v) is 5.40. The first-order valence-electron chi connectivity index (χ1n) is 7.15. The van der Waals surface area contributed by atoms with Gasteiger partial charge < -0.3 is 4.57 Å². The van der Waals surface area contributed by atoms with Crippen molar-refractivity contribution in [2.24, 2.45) is 5.10 Å². The first-order chi connectivity index (χ1) is 11.9. The monoisotopic (exact) mass is 410 g/mol. The van der Waals surface area contributed by atoms with Crippen molar-refractivity contribution in [3.8, 4) is 0 Å². The molecule has 0 unspecified atom stereocenters. The average molecular weight is 411 g/mol. The molecule has 2 heterocycles. The summed E-state index contributed by atoms with van der Waals surface area (Å²) in [7, 11) is 0. The Bertz CT molecular complexity index is 1130. The van der Waals surface area contributed by atoms with Gasteiger partial charge in [0, 0.05) is 17.1 Å². The van der Waals surface area contributed by atoms with Crippen LogP contribution >= 0.6 is 46.8 Å². The van der Waals surface area contributed by atoms with Crippen LogP contribution in [0.15, 0.2) is 40.8 Å². The van der Waals surface area contributed by atoms with Crippen molar-refractivity contribution < 1.29 is 0 Å². The highest BCUT2D eigenvalue weighted by atomic mass is 35.5. The Labute approximate surface area is 162 Å². The molecule has 1 aromatic carbocycles. The second kappa shape index (κ2) is 7.21. The zero-order valence-electron chi connectivity index (χ0n) is 13.1. The van der Waals surface area contributed by atoms with Crippen LogP contribution in [0.1, 0.15) is 11.4 Å². The molecule has 0 aliphatic carbocycles. The van der Waals surface area contributed by atoms with E-state index in [9.17, 15) is 4.79 Å². The molecule has 0 atom stereocenters. The van der Waals surface area contributed by atoms with Crippen LogP contribution in [0, 0.1) is 10.9 Å². The van der Waals surface area contributed by atoms with Gasteiger partial charge in [0.25, 0.3) is 5.56 Å². The Morgan fingerprint density at radius 1 is 1.44 bits per heavy atom. The Balaban J connectivity index is 2.14. The summed E-state index contributed by atoms with van der Waals surface area (Å²) in [5.41, 5.74) is 0.922. The summed E-state index contributed by atoms with van der Waals surface area (Å²) < 4.78 is 4.04. The number of hydrogen-bond donors (Lipinski definition) is 0. The summed E-state index contributed by atoms with van der Waals surface area (Å²) >= 11 is 18.5. The minimum absolute atomic E-state index is 0.275. The number of allylic oxidation sites excluding steroid dienone is 1. The van der Waals surface area contributed by atoms with Gasteiger partial charge in [-0.15, -0.1) is 6.58 Å². The van der Waals surface area contributed by atoms with Crippen molar-refractivity contribution in [2.45, 2.75) is 13.5 Å². The lowest BCUT2D eigenvalue weighted by atomic mass is 10.2. The first-order valence-corrected chi connectivity index (χ1v) is 9.13. The summed E-state index contributed by atoms with van der Waals surface area (Å²) in [5.74, 6) is 0.449. The highest BCUT2D eigenvalue weighted by Crippen LogP contribution is 2.20. The molecule has 0 radical (unpaired) electrons. The maximum Gasteiger partial charge on any atom is 0.293 e. The summed E-state index contributed by atoms with van der Waals surface area (Å²) in [5, 5.41) is 5.21. The SMILES string of the molecule is C=CCn1c(=S)sc2c(=O)n(/N=C\c3ccc(Cl)cc3Cl)c(C)nc21. The summed E-state index contributed by atoms with van der Waals surface area (Å²) in [6.07, 6.45) is 3.21. The standard InChI is InChI=1S/C16H12Cl2N4OS2/c1-3-6-21-14-13(25-16(21)24)15(23)22(9(2)20-14)19-8-10-4-5-11(17)7-12(10)18/h3-5,7-8H,1,6H2,2H3/b19-8-. The van der Waals surface area contributed by atoms with Crippen molar-refractivity contribution in [3.05, 3.63) is 66.6 Å². The lowest BCUT2D eigenvalue weighted by molar-refractivity contribution is 0.757. The number of aryl methyl sites for hydroxylation is 1. The second-order valence-corrected chi connectivity index (χ2v) is 7.59. The molecule has 0 saturated heterocycles. The van der Waals surface area contributed by atoms with Crippen LogP contribution < -0.4 is 5.56 Å². The van der Waals surface area contributed by atoms with Gasteiger partial charge in [0.05, 0.1) is 11.2 Å². The molecular formula is C16H12Cl2N4OS2. The van der Waals surface area contributed by atoms with E-state index in [1.165, 1.54) is 22.2 Å². The van der Waals surface area contributed by atoms with Gasteiger partial charge in [-0.2, -0.15) is 9.78 Å². The highest BCUT2D eigenvalue weighted by Gasteiger charge is 2.13. The van der Waals surface area contributed by atoms with Gasteiger partial charge in [-0.3, -0.25) is 4.79 Å². The summed E-state index contributed by atoms with van der Waals surface area (Å²) in [6.45, 7) is 5.91. The molecule has 0 N–H and O–H groups in total. The van der Waals surface area contributed by atoms with Crippen molar-refractivity contribution in [1.82, 2.24) is 14.2 Å². The number of aromatic nitrogens is 3. The zero-order chi connectivity index (χ0) is 18.1. The first kappa shape index (κ1) is 18.0. The molecule has 0 aliphatic heterocycles. The van der Waals surface area contributed by atoms with Crippen molar-refractivity contribution in [1.29, 1.82) is 0 Å². The lowest BCUT2D eigenvalue weighted by Crippen LogP contribution is -2.20. The van der Waals surface area contributed by atoms with Gasteiger partial charge >= 0.3 is 0 Å². The largest absolute Gasteiger partial charge is 0.304 e. The predicted molar refractivity (Wildman–Crippen MR) is 107 cm³/mol. The van der Waals surface area contributed by atoms with Gasteiger partial charge in [-0.05, 0) is 31.3 Å². The zero-order valence-corrected chi connectivity index (χ0v) is 16.2. The molecule has 0 saturated carbocycles. The van der Waals surface area contributed by atoms with Gasteiger partial charge in [0.1, 0.15) is 10.5 Å². The molecule has 5 nitrogen and oxygen atoms in total. The summed E-state index contributed by atoms with van der Waals surface area (Å²) in [4.78, 5) is 17.2. The van der Waals surface area contributed by atoms with Crippen molar-refractivity contribution in [2.75, 3.05) is 0 Å². The molecule has 0 bridgehead atoms. The maximum atomic E-state index is 12.8. The number of thiazole rings is 1. The van der Waals surface area contributed by atoms with E-state index in [0.29, 0.717) is 42.3 Å². The average Bonchev–Trinajstić information content (AvgIpc) is 2.86. The van der Waals surface area contributed by atoms with Crippen LogP contribution in [0.2, 0.25) is 10.0 Å². The smallest absolute Gasteiger partial charge is 0.293 e. The third kappa shape index (κ3) is 3.46. The van der Waals surface area contributed by atoms with Crippen LogP contribution in [0.25, 0.3) is 10.3 Å². The Morgan fingerprint density at radius 2 is 2.20 bits per heavy atom. The molecule has 0 spiro atoms.